The minimum absolute atomic E-state index is 0.218. The second-order valence-electron chi connectivity index (χ2n) is 7.86. The molecule has 0 spiro atoms. The first-order valence-corrected chi connectivity index (χ1v) is 11.3. The van der Waals surface area contributed by atoms with E-state index in [2.05, 4.69) is 62.9 Å². The van der Waals surface area contributed by atoms with E-state index in [1.165, 1.54) is 53.5 Å². The molecule has 0 saturated heterocycles. The fraction of sp³-hybridized carbons (Fsp3) is 0.276. The number of carbonyl (C=O) groups excluding carboxylic acids is 1. The smallest absolute Gasteiger partial charge is 0.147 e. The van der Waals surface area contributed by atoms with E-state index in [9.17, 15) is 9.90 Å². The number of aliphatic hydroxyl groups is 1. The summed E-state index contributed by atoms with van der Waals surface area (Å²) < 4.78 is 0. The molecule has 0 bridgehead atoms. The molecule has 0 radical (unpaired) electrons. The molecule has 0 amide bonds. The minimum atomic E-state index is -0.233. The second kappa shape index (κ2) is 13.3. The van der Waals surface area contributed by atoms with Gasteiger partial charge in [0.25, 0.3) is 0 Å². The summed E-state index contributed by atoms with van der Waals surface area (Å²) in [4.78, 5) is 9.48. The third-order valence-corrected chi connectivity index (χ3v) is 5.39. The SMILES string of the molecule is C=C(C=O)CO.CCCCCc1ccc(-c2ccc(-c3ccc(O)cc3)c(CC)c2)cc1. The average Bonchev–Trinajstić information content (AvgIpc) is 2.84. The van der Waals surface area contributed by atoms with Gasteiger partial charge in [0.15, 0.2) is 0 Å². The number of phenolic OH excluding ortho intramolecular Hbond substituents is 1. The monoisotopic (exact) mass is 430 g/mol. The van der Waals surface area contributed by atoms with Crippen LogP contribution in [0.3, 0.4) is 0 Å². The summed E-state index contributed by atoms with van der Waals surface area (Å²) in [5.74, 6) is 0.308. The van der Waals surface area contributed by atoms with Crippen molar-refractivity contribution in [3.8, 4) is 28.0 Å². The maximum absolute atomic E-state index is 9.51. The van der Waals surface area contributed by atoms with Crippen LogP contribution in [0.5, 0.6) is 5.75 Å². The lowest BCUT2D eigenvalue weighted by Crippen LogP contribution is -1.90. The highest BCUT2D eigenvalue weighted by molar-refractivity contribution is 5.74. The first-order valence-electron chi connectivity index (χ1n) is 11.3. The predicted molar refractivity (Wildman–Crippen MR) is 134 cm³/mol. The lowest BCUT2D eigenvalue weighted by molar-refractivity contribution is -0.105. The highest BCUT2D eigenvalue weighted by Crippen LogP contribution is 2.30. The van der Waals surface area contributed by atoms with Gasteiger partial charge in [-0.1, -0.05) is 87.9 Å². The Morgan fingerprint density at radius 3 is 2.03 bits per heavy atom. The number of benzene rings is 3. The van der Waals surface area contributed by atoms with E-state index < -0.39 is 0 Å². The zero-order valence-corrected chi connectivity index (χ0v) is 19.2. The van der Waals surface area contributed by atoms with Crippen LogP contribution in [0.25, 0.3) is 22.3 Å². The van der Waals surface area contributed by atoms with Crippen molar-refractivity contribution in [2.75, 3.05) is 6.61 Å². The van der Waals surface area contributed by atoms with Gasteiger partial charge in [-0.05, 0) is 64.8 Å². The number of hydrogen-bond acceptors (Lipinski definition) is 3. The Morgan fingerprint density at radius 1 is 0.875 bits per heavy atom. The molecule has 3 nitrogen and oxygen atoms in total. The number of rotatable bonds is 9. The van der Waals surface area contributed by atoms with Gasteiger partial charge in [-0.15, -0.1) is 0 Å². The Kier molecular flexibility index (Phi) is 10.4. The fourth-order valence-electron chi connectivity index (χ4n) is 3.47. The van der Waals surface area contributed by atoms with Crippen LogP contribution >= 0.6 is 0 Å². The molecule has 0 atom stereocenters. The van der Waals surface area contributed by atoms with Gasteiger partial charge < -0.3 is 10.2 Å². The number of aromatic hydroxyl groups is 1. The highest BCUT2D eigenvalue weighted by atomic mass is 16.3. The third kappa shape index (κ3) is 7.51. The topological polar surface area (TPSA) is 57.5 Å². The number of aldehydes is 1. The normalized spacial score (nSPS) is 10.2. The quantitative estimate of drug-likeness (QED) is 0.224. The average molecular weight is 431 g/mol. The molecule has 168 valence electrons. The summed E-state index contributed by atoms with van der Waals surface area (Å²) in [5.41, 5.74) is 7.92. The Balaban J connectivity index is 0.000000534. The predicted octanol–water partition coefficient (Wildman–Crippen LogP) is 6.76. The van der Waals surface area contributed by atoms with Crippen molar-refractivity contribution in [2.45, 2.75) is 46.0 Å². The van der Waals surface area contributed by atoms with E-state index in [1.807, 2.05) is 12.1 Å². The maximum atomic E-state index is 9.51. The molecule has 0 aliphatic rings. The zero-order valence-electron chi connectivity index (χ0n) is 19.2. The van der Waals surface area contributed by atoms with E-state index in [0.29, 0.717) is 12.0 Å². The van der Waals surface area contributed by atoms with Crippen LogP contribution in [0.15, 0.2) is 78.9 Å². The van der Waals surface area contributed by atoms with Gasteiger partial charge >= 0.3 is 0 Å². The van der Waals surface area contributed by atoms with Crippen LogP contribution < -0.4 is 0 Å². The molecule has 3 rings (SSSR count). The Bertz CT molecular complexity index is 986. The molecule has 0 heterocycles. The maximum Gasteiger partial charge on any atom is 0.147 e. The third-order valence-electron chi connectivity index (χ3n) is 5.39. The van der Waals surface area contributed by atoms with Crippen LogP contribution in [-0.2, 0) is 17.6 Å². The van der Waals surface area contributed by atoms with Gasteiger partial charge in [0.2, 0.25) is 0 Å². The van der Waals surface area contributed by atoms with Gasteiger partial charge in [-0.2, -0.15) is 0 Å². The fourth-order valence-corrected chi connectivity index (χ4v) is 3.47. The van der Waals surface area contributed by atoms with Crippen molar-refractivity contribution in [2.24, 2.45) is 0 Å². The summed E-state index contributed by atoms with van der Waals surface area (Å²) in [6.07, 6.45) is 6.54. The lowest BCUT2D eigenvalue weighted by atomic mass is 9.93. The van der Waals surface area contributed by atoms with E-state index >= 15 is 0 Å². The molecular formula is C29H34O3. The van der Waals surface area contributed by atoms with Crippen LogP contribution in [0.4, 0.5) is 0 Å². The van der Waals surface area contributed by atoms with Crippen molar-refractivity contribution < 1.29 is 15.0 Å². The number of phenols is 1. The molecule has 0 unspecified atom stereocenters. The summed E-state index contributed by atoms with van der Waals surface area (Å²) in [7, 11) is 0. The highest BCUT2D eigenvalue weighted by Gasteiger charge is 2.07. The molecule has 3 heteroatoms. The van der Waals surface area contributed by atoms with Crippen molar-refractivity contribution >= 4 is 6.29 Å². The van der Waals surface area contributed by atoms with Crippen molar-refractivity contribution in [3.05, 3.63) is 90.0 Å². The van der Waals surface area contributed by atoms with Gasteiger partial charge in [0.05, 0.1) is 6.61 Å². The Hall–Kier alpha value is -3.17. The number of aryl methyl sites for hydroxylation is 2. The van der Waals surface area contributed by atoms with Crippen LogP contribution in [0, 0.1) is 0 Å². The second-order valence-corrected chi connectivity index (χ2v) is 7.86. The van der Waals surface area contributed by atoms with Crippen LogP contribution in [0.1, 0.15) is 44.2 Å². The summed E-state index contributed by atoms with van der Waals surface area (Å²) in [6, 6.07) is 23.2. The van der Waals surface area contributed by atoms with Crippen molar-refractivity contribution in [3.63, 3.8) is 0 Å². The standard InChI is InChI=1S/C25H28O.C4H6O2/c1-3-5-6-7-19-8-10-21(11-9-19)23-14-17-25(20(4-2)18-23)22-12-15-24(26)16-13-22;1-4(2-5)3-6/h8-18,26H,3-7H2,1-2H3;2,6H,1,3H2. The van der Waals surface area contributed by atoms with Crippen molar-refractivity contribution in [1.82, 2.24) is 0 Å². The first kappa shape index (κ1) is 25.1. The largest absolute Gasteiger partial charge is 0.508 e. The van der Waals surface area contributed by atoms with Gasteiger partial charge in [-0.3, -0.25) is 4.79 Å². The Labute approximate surface area is 192 Å². The van der Waals surface area contributed by atoms with E-state index in [-0.39, 0.29) is 12.2 Å². The van der Waals surface area contributed by atoms with E-state index in [1.54, 1.807) is 12.1 Å². The molecule has 0 fully saturated rings. The number of aliphatic hydroxyl groups excluding tert-OH is 1. The van der Waals surface area contributed by atoms with E-state index in [0.717, 1.165) is 12.0 Å². The molecule has 3 aromatic rings. The van der Waals surface area contributed by atoms with Gasteiger partial charge in [0, 0.05) is 5.57 Å². The van der Waals surface area contributed by atoms with Crippen molar-refractivity contribution in [1.29, 1.82) is 0 Å². The Morgan fingerprint density at radius 2 is 1.50 bits per heavy atom. The van der Waals surface area contributed by atoms with Crippen LogP contribution in [-0.4, -0.2) is 23.1 Å². The molecule has 0 aromatic heterocycles. The molecule has 0 aliphatic carbocycles. The summed E-state index contributed by atoms with van der Waals surface area (Å²) in [5, 5.41) is 17.5. The minimum Gasteiger partial charge on any atom is -0.508 e. The molecular weight excluding hydrogens is 396 g/mol. The molecule has 0 saturated carbocycles. The van der Waals surface area contributed by atoms with Gasteiger partial charge in [-0.25, -0.2) is 0 Å². The number of carbonyl (C=O) groups is 1. The summed E-state index contributed by atoms with van der Waals surface area (Å²) in [6.45, 7) is 7.38. The number of unbranched alkanes of at least 4 members (excludes halogenated alkanes) is 2. The molecule has 32 heavy (non-hydrogen) atoms. The lowest BCUT2D eigenvalue weighted by Gasteiger charge is -2.12. The van der Waals surface area contributed by atoms with E-state index in [4.69, 9.17) is 5.11 Å². The van der Waals surface area contributed by atoms with Crippen LogP contribution in [0.2, 0.25) is 0 Å². The molecule has 2 N–H and O–H groups in total. The molecule has 0 aliphatic heterocycles. The van der Waals surface area contributed by atoms with Gasteiger partial charge in [0.1, 0.15) is 12.0 Å². The number of hydrogen-bond donors (Lipinski definition) is 2. The summed E-state index contributed by atoms with van der Waals surface area (Å²) >= 11 is 0. The molecule has 3 aromatic carbocycles. The zero-order chi connectivity index (χ0) is 23.3. The first-order chi connectivity index (χ1) is 15.5.